The van der Waals surface area contributed by atoms with Crippen molar-refractivity contribution in [3.63, 3.8) is 0 Å². The number of aliphatic hydroxyl groups is 1. The maximum absolute atomic E-state index is 9.80. The summed E-state index contributed by atoms with van der Waals surface area (Å²) in [4.78, 5) is 4.26. The molecular formula is C12H12NO. The van der Waals surface area contributed by atoms with Crippen LogP contribution in [-0.4, -0.2) is 10.1 Å². The minimum atomic E-state index is -0.833. The SMILES string of the molecule is CC(C)(O)c1cnc2c[c]ccc2c1. The first-order valence-corrected chi connectivity index (χ1v) is 4.56. The number of rotatable bonds is 1. The summed E-state index contributed by atoms with van der Waals surface area (Å²) in [6, 6.07) is 10.5. The Morgan fingerprint density at radius 1 is 1.43 bits per heavy atom. The molecule has 0 spiro atoms. The minimum absolute atomic E-state index is 0.830. The van der Waals surface area contributed by atoms with Crippen molar-refractivity contribution in [1.82, 2.24) is 4.98 Å². The van der Waals surface area contributed by atoms with E-state index in [1.54, 1.807) is 20.0 Å². The highest BCUT2D eigenvalue weighted by molar-refractivity contribution is 5.78. The van der Waals surface area contributed by atoms with E-state index in [1.165, 1.54) is 0 Å². The summed E-state index contributed by atoms with van der Waals surface area (Å²) in [6.45, 7) is 3.51. The van der Waals surface area contributed by atoms with Crippen LogP contribution in [0.2, 0.25) is 0 Å². The van der Waals surface area contributed by atoms with Gasteiger partial charge >= 0.3 is 0 Å². The predicted octanol–water partition coefficient (Wildman–Crippen LogP) is 2.26. The molecule has 0 aliphatic rings. The van der Waals surface area contributed by atoms with Crippen molar-refractivity contribution in [1.29, 1.82) is 0 Å². The molecule has 0 atom stereocenters. The number of nitrogens with zero attached hydrogens (tertiary/aromatic N) is 1. The lowest BCUT2D eigenvalue weighted by atomic mass is 9.99. The molecule has 0 fully saturated rings. The average Bonchev–Trinajstić information content (AvgIpc) is 2.16. The van der Waals surface area contributed by atoms with Crippen LogP contribution in [0.5, 0.6) is 0 Å². The number of aromatic nitrogens is 1. The van der Waals surface area contributed by atoms with Gasteiger partial charge in [-0.25, -0.2) is 0 Å². The molecule has 0 unspecified atom stereocenters. The lowest BCUT2D eigenvalue weighted by Gasteiger charge is -2.17. The molecule has 1 aromatic carbocycles. The van der Waals surface area contributed by atoms with Gasteiger partial charge in [0.2, 0.25) is 0 Å². The third kappa shape index (κ3) is 1.61. The number of benzene rings is 1. The summed E-state index contributed by atoms with van der Waals surface area (Å²) in [7, 11) is 0. The predicted molar refractivity (Wildman–Crippen MR) is 55.8 cm³/mol. The van der Waals surface area contributed by atoms with Gasteiger partial charge in [-0.05, 0) is 32.0 Å². The Balaban J connectivity index is 2.63. The highest BCUT2D eigenvalue weighted by Crippen LogP contribution is 2.22. The van der Waals surface area contributed by atoms with Gasteiger partial charge in [-0.2, -0.15) is 0 Å². The van der Waals surface area contributed by atoms with E-state index in [1.807, 2.05) is 24.3 Å². The zero-order valence-corrected chi connectivity index (χ0v) is 8.28. The van der Waals surface area contributed by atoms with Crippen LogP contribution in [-0.2, 0) is 5.60 Å². The molecule has 1 aromatic heterocycles. The summed E-state index contributed by atoms with van der Waals surface area (Å²) in [5.41, 5.74) is 0.900. The van der Waals surface area contributed by atoms with Crippen molar-refractivity contribution in [2.75, 3.05) is 0 Å². The Hall–Kier alpha value is -1.41. The number of hydrogen-bond donors (Lipinski definition) is 1. The van der Waals surface area contributed by atoms with Crippen LogP contribution in [0.25, 0.3) is 10.9 Å². The van der Waals surface area contributed by atoms with Crippen LogP contribution in [0, 0.1) is 6.07 Å². The summed E-state index contributed by atoms with van der Waals surface area (Å²) >= 11 is 0. The van der Waals surface area contributed by atoms with Crippen molar-refractivity contribution in [3.8, 4) is 0 Å². The van der Waals surface area contributed by atoms with E-state index in [2.05, 4.69) is 11.1 Å². The molecule has 0 saturated carbocycles. The molecule has 0 aliphatic heterocycles. The fourth-order valence-electron chi connectivity index (χ4n) is 1.35. The Morgan fingerprint density at radius 3 is 2.93 bits per heavy atom. The number of pyridine rings is 1. The molecule has 0 aliphatic carbocycles. The van der Waals surface area contributed by atoms with E-state index >= 15 is 0 Å². The fourth-order valence-corrected chi connectivity index (χ4v) is 1.35. The molecule has 0 bridgehead atoms. The second kappa shape index (κ2) is 3.07. The van der Waals surface area contributed by atoms with E-state index in [9.17, 15) is 5.11 Å². The molecule has 2 aromatic rings. The molecule has 2 rings (SSSR count). The first-order valence-electron chi connectivity index (χ1n) is 4.56. The van der Waals surface area contributed by atoms with Crippen LogP contribution < -0.4 is 0 Å². The molecule has 71 valence electrons. The van der Waals surface area contributed by atoms with Crippen molar-refractivity contribution in [2.45, 2.75) is 19.4 Å². The van der Waals surface area contributed by atoms with E-state index in [-0.39, 0.29) is 0 Å². The fraction of sp³-hybridized carbons (Fsp3) is 0.250. The first kappa shape index (κ1) is 9.16. The second-order valence-corrected chi connectivity index (χ2v) is 3.90. The third-order valence-corrected chi connectivity index (χ3v) is 2.24. The van der Waals surface area contributed by atoms with E-state index in [4.69, 9.17) is 0 Å². The van der Waals surface area contributed by atoms with Gasteiger partial charge in [0.1, 0.15) is 0 Å². The minimum Gasteiger partial charge on any atom is -0.386 e. The Bertz CT molecular complexity index is 457. The molecule has 14 heavy (non-hydrogen) atoms. The van der Waals surface area contributed by atoms with Crippen LogP contribution >= 0.6 is 0 Å². The Labute approximate surface area is 83.2 Å². The standard InChI is InChI=1S/C12H12NO/c1-12(2,14)10-7-9-5-3-4-6-11(9)13-8-10/h3,5-8,14H,1-2H3. The Kier molecular flexibility index (Phi) is 2.01. The first-order chi connectivity index (χ1) is 6.57. The molecule has 1 radical (unpaired) electrons. The molecule has 0 saturated heterocycles. The highest BCUT2D eigenvalue weighted by Gasteiger charge is 2.16. The van der Waals surface area contributed by atoms with Gasteiger partial charge in [0.05, 0.1) is 11.1 Å². The lowest BCUT2D eigenvalue weighted by molar-refractivity contribution is 0.0784. The van der Waals surface area contributed by atoms with Gasteiger partial charge in [0.25, 0.3) is 0 Å². The summed E-state index contributed by atoms with van der Waals surface area (Å²) in [5, 5.41) is 10.8. The third-order valence-electron chi connectivity index (χ3n) is 2.24. The largest absolute Gasteiger partial charge is 0.386 e. The maximum atomic E-state index is 9.80. The summed E-state index contributed by atoms with van der Waals surface area (Å²) < 4.78 is 0. The zero-order valence-electron chi connectivity index (χ0n) is 8.28. The second-order valence-electron chi connectivity index (χ2n) is 3.90. The average molecular weight is 186 g/mol. The summed E-state index contributed by atoms with van der Waals surface area (Å²) in [5.74, 6) is 0. The molecule has 1 N–H and O–H groups in total. The smallest absolute Gasteiger partial charge is 0.0855 e. The molecule has 2 heteroatoms. The lowest BCUT2D eigenvalue weighted by Crippen LogP contribution is -2.15. The van der Waals surface area contributed by atoms with Gasteiger partial charge in [-0.3, -0.25) is 4.98 Å². The normalized spacial score (nSPS) is 11.9. The van der Waals surface area contributed by atoms with Crippen LogP contribution in [0.15, 0.2) is 30.5 Å². The van der Waals surface area contributed by atoms with Crippen LogP contribution in [0.4, 0.5) is 0 Å². The molecule has 0 amide bonds. The topological polar surface area (TPSA) is 33.1 Å². The van der Waals surface area contributed by atoms with E-state index < -0.39 is 5.60 Å². The van der Waals surface area contributed by atoms with Crippen molar-refractivity contribution >= 4 is 10.9 Å². The van der Waals surface area contributed by atoms with Gasteiger partial charge < -0.3 is 5.11 Å². The van der Waals surface area contributed by atoms with Gasteiger partial charge in [0.15, 0.2) is 0 Å². The quantitative estimate of drug-likeness (QED) is 0.741. The van der Waals surface area contributed by atoms with Gasteiger partial charge in [0, 0.05) is 17.1 Å². The van der Waals surface area contributed by atoms with E-state index in [0.717, 1.165) is 16.5 Å². The molecular weight excluding hydrogens is 174 g/mol. The number of hydrogen-bond acceptors (Lipinski definition) is 2. The molecule has 2 nitrogen and oxygen atoms in total. The maximum Gasteiger partial charge on any atom is 0.0855 e. The van der Waals surface area contributed by atoms with Crippen molar-refractivity contribution in [2.24, 2.45) is 0 Å². The monoisotopic (exact) mass is 186 g/mol. The number of fused-ring (bicyclic) bond motifs is 1. The zero-order chi connectivity index (χ0) is 10.2. The van der Waals surface area contributed by atoms with Crippen LogP contribution in [0.1, 0.15) is 19.4 Å². The molecule has 1 heterocycles. The van der Waals surface area contributed by atoms with Crippen molar-refractivity contribution in [3.05, 3.63) is 42.1 Å². The summed E-state index contributed by atoms with van der Waals surface area (Å²) in [6.07, 6.45) is 1.70. The van der Waals surface area contributed by atoms with E-state index in [0.29, 0.717) is 0 Å². The van der Waals surface area contributed by atoms with Gasteiger partial charge in [-0.1, -0.05) is 12.1 Å². The highest BCUT2D eigenvalue weighted by atomic mass is 16.3. The van der Waals surface area contributed by atoms with Crippen LogP contribution in [0.3, 0.4) is 0 Å². The Morgan fingerprint density at radius 2 is 2.21 bits per heavy atom. The van der Waals surface area contributed by atoms with Crippen molar-refractivity contribution < 1.29 is 5.11 Å². The van der Waals surface area contributed by atoms with Gasteiger partial charge in [-0.15, -0.1) is 0 Å².